The maximum absolute atomic E-state index is 12.9. The molecule has 9 nitrogen and oxygen atoms in total. The molecule has 1 amide bonds. The van der Waals surface area contributed by atoms with Gasteiger partial charge in [0.15, 0.2) is 16.6 Å². The number of rotatable bonds is 5. The van der Waals surface area contributed by atoms with Crippen molar-refractivity contribution in [3.8, 4) is 22.4 Å². The van der Waals surface area contributed by atoms with E-state index in [-0.39, 0.29) is 11.8 Å². The van der Waals surface area contributed by atoms with Crippen molar-refractivity contribution in [2.24, 2.45) is 5.92 Å². The van der Waals surface area contributed by atoms with Gasteiger partial charge in [-0.05, 0) is 46.5 Å². The lowest BCUT2D eigenvalue weighted by Gasteiger charge is -2.31. The quantitative estimate of drug-likeness (QED) is 0.401. The Labute approximate surface area is 205 Å². The minimum Gasteiger partial charge on any atom is -0.355 e. The normalized spacial score (nSPS) is 14.3. The Morgan fingerprint density at radius 3 is 2.46 bits per heavy atom. The summed E-state index contributed by atoms with van der Waals surface area (Å²) in [4.78, 5) is 19.7. The summed E-state index contributed by atoms with van der Waals surface area (Å²) in [5.74, 6) is 0.779. The van der Waals surface area contributed by atoms with Gasteiger partial charge in [0.2, 0.25) is 5.91 Å². The predicted octanol–water partition coefficient (Wildman–Crippen LogP) is 4.16. The van der Waals surface area contributed by atoms with Gasteiger partial charge in [0, 0.05) is 30.0 Å². The second kappa shape index (κ2) is 9.22. The van der Waals surface area contributed by atoms with Crippen LogP contribution in [0.4, 0.5) is 10.9 Å². The average molecular weight is 483 g/mol. The summed E-state index contributed by atoms with van der Waals surface area (Å²) in [5.41, 5.74) is 4.85. The number of anilines is 2. The molecule has 3 aromatic heterocycles. The molecule has 0 spiro atoms. The van der Waals surface area contributed by atoms with E-state index in [0.29, 0.717) is 10.8 Å². The molecule has 0 saturated carbocycles. The second-order valence-electron chi connectivity index (χ2n) is 8.45. The second-order valence-corrected chi connectivity index (χ2v) is 9.31. The van der Waals surface area contributed by atoms with Gasteiger partial charge in [-0.25, -0.2) is 4.98 Å². The number of amides is 1. The highest BCUT2D eigenvalue weighted by Gasteiger charge is 2.26. The number of benzene rings is 2. The lowest BCUT2D eigenvalue weighted by Crippen LogP contribution is -2.38. The zero-order valence-corrected chi connectivity index (χ0v) is 19.6. The minimum absolute atomic E-state index is 0.0221. The Morgan fingerprint density at radius 2 is 1.66 bits per heavy atom. The molecule has 174 valence electrons. The number of aromatic nitrogens is 6. The topological polar surface area (TPSA) is 101 Å². The number of nitrogens with one attached hydrogen (secondary N) is 1. The van der Waals surface area contributed by atoms with Crippen molar-refractivity contribution >= 4 is 33.8 Å². The van der Waals surface area contributed by atoms with Gasteiger partial charge in [-0.3, -0.25) is 4.79 Å². The number of tetrazole rings is 1. The summed E-state index contributed by atoms with van der Waals surface area (Å²) in [6, 6.07) is 22.4. The van der Waals surface area contributed by atoms with Crippen LogP contribution < -0.4 is 10.2 Å². The third-order valence-electron chi connectivity index (χ3n) is 6.27. The van der Waals surface area contributed by atoms with Crippen LogP contribution in [-0.4, -0.2) is 49.2 Å². The van der Waals surface area contributed by atoms with Gasteiger partial charge in [0.1, 0.15) is 0 Å². The van der Waals surface area contributed by atoms with Crippen LogP contribution in [0.25, 0.3) is 28.0 Å². The molecule has 0 unspecified atom stereocenters. The van der Waals surface area contributed by atoms with Gasteiger partial charge in [-0.2, -0.15) is 0 Å². The molecule has 2 aromatic carbocycles. The van der Waals surface area contributed by atoms with E-state index in [4.69, 9.17) is 0 Å². The van der Waals surface area contributed by atoms with E-state index >= 15 is 0 Å². The fourth-order valence-electron chi connectivity index (χ4n) is 4.31. The van der Waals surface area contributed by atoms with Crippen LogP contribution in [-0.2, 0) is 4.79 Å². The monoisotopic (exact) mass is 482 g/mol. The van der Waals surface area contributed by atoms with E-state index in [9.17, 15) is 4.79 Å². The number of carbonyl (C=O) groups excluding carboxylic acids is 1. The van der Waals surface area contributed by atoms with E-state index in [0.717, 1.165) is 48.6 Å². The van der Waals surface area contributed by atoms with E-state index in [1.165, 1.54) is 21.5 Å². The predicted molar refractivity (Wildman–Crippen MR) is 135 cm³/mol. The van der Waals surface area contributed by atoms with Crippen molar-refractivity contribution in [1.29, 1.82) is 0 Å². The van der Waals surface area contributed by atoms with Crippen LogP contribution in [0.3, 0.4) is 0 Å². The Bertz CT molecular complexity index is 1460. The molecule has 35 heavy (non-hydrogen) atoms. The fraction of sp³-hybridized carbons (Fsp3) is 0.200. The fourth-order valence-corrected chi connectivity index (χ4v) is 5.04. The maximum Gasteiger partial charge on any atom is 0.229 e. The van der Waals surface area contributed by atoms with Crippen LogP contribution in [0.2, 0.25) is 0 Å². The number of hydrogen-bond donors (Lipinski definition) is 1. The van der Waals surface area contributed by atoms with E-state index in [1.54, 1.807) is 0 Å². The van der Waals surface area contributed by atoms with Crippen LogP contribution in [0.15, 0.2) is 72.1 Å². The first-order chi connectivity index (χ1) is 17.2. The van der Waals surface area contributed by atoms with Gasteiger partial charge in [-0.15, -0.1) is 26.2 Å². The molecule has 10 heteroatoms. The van der Waals surface area contributed by atoms with Crippen molar-refractivity contribution in [3.05, 3.63) is 72.1 Å². The Hall–Kier alpha value is -4.18. The van der Waals surface area contributed by atoms with Gasteiger partial charge in [-0.1, -0.05) is 54.6 Å². The third-order valence-corrected chi connectivity index (χ3v) is 7.03. The zero-order valence-electron chi connectivity index (χ0n) is 18.8. The first kappa shape index (κ1) is 21.4. The molecule has 1 saturated heterocycles. The van der Waals surface area contributed by atoms with E-state index in [1.807, 2.05) is 35.7 Å². The van der Waals surface area contributed by atoms with Crippen molar-refractivity contribution < 1.29 is 4.79 Å². The Kier molecular flexibility index (Phi) is 5.63. The molecule has 0 bridgehead atoms. The number of thiazole rings is 1. The van der Waals surface area contributed by atoms with Crippen LogP contribution >= 0.6 is 11.3 Å². The third kappa shape index (κ3) is 4.47. The number of fused-ring (bicyclic) bond motifs is 1. The zero-order chi connectivity index (χ0) is 23.6. The van der Waals surface area contributed by atoms with Gasteiger partial charge >= 0.3 is 0 Å². The van der Waals surface area contributed by atoms with Crippen molar-refractivity contribution in [3.63, 3.8) is 0 Å². The lowest BCUT2D eigenvalue weighted by molar-refractivity contribution is -0.120. The maximum atomic E-state index is 12.9. The smallest absolute Gasteiger partial charge is 0.229 e. The molecular formula is C25H22N8OS. The molecule has 1 aliphatic rings. The van der Waals surface area contributed by atoms with E-state index in [2.05, 4.69) is 72.2 Å². The van der Waals surface area contributed by atoms with Crippen LogP contribution in [0.5, 0.6) is 0 Å². The summed E-state index contributed by atoms with van der Waals surface area (Å²) < 4.78 is 1.42. The van der Waals surface area contributed by atoms with Crippen molar-refractivity contribution in [1.82, 2.24) is 30.2 Å². The Balaban J connectivity index is 1.06. The molecule has 1 aliphatic heterocycles. The molecule has 0 radical (unpaired) electrons. The average Bonchev–Trinajstić information content (AvgIpc) is 3.59. The van der Waals surface area contributed by atoms with Crippen molar-refractivity contribution in [2.75, 3.05) is 23.3 Å². The molecule has 5 aromatic rings. The number of piperidine rings is 1. The number of carbonyl (C=O) groups is 1. The molecule has 0 aliphatic carbocycles. The lowest BCUT2D eigenvalue weighted by atomic mass is 9.96. The molecule has 0 atom stereocenters. The summed E-state index contributed by atoms with van der Waals surface area (Å²) in [5, 5.41) is 21.4. The van der Waals surface area contributed by atoms with Gasteiger partial charge in [0.05, 0.1) is 5.69 Å². The standard InChI is InChI=1S/C25H22N8OS/c34-24(20-12-14-32(15-13-20)23-11-10-22-28-30-31-33(22)29-23)27-25-26-21(16-35-25)19-8-6-18(7-9-19)17-4-2-1-3-5-17/h1-11,16,20H,12-15H2,(H,26,27,34). The van der Waals surface area contributed by atoms with Crippen LogP contribution in [0, 0.1) is 5.92 Å². The highest BCUT2D eigenvalue weighted by atomic mass is 32.1. The number of hydrogen-bond acceptors (Lipinski definition) is 8. The summed E-state index contributed by atoms with van der Waals surface area (Å²) in [7, 11) is 0. The molecule has 4 heterocycles. The largest absolute Gasteiger partial charge is 0.355 e. The first-order valence-corrected chi connectivity index (χ1v) is 12.3. The summed E-state index contributed by atoms with van der Waals surface area (Å²) >= 11 is 1.45. The van der Waals surface area contributed by atoms with Crippen LogP contribution in [0.1, 0.15) is 12.8 Å². The van der Waals surface area contributed by atoms with Gasteiger partial charge < -0.3 is 10.2 Å². The Morgan fingerprint density at radius 1 is 0.914 bits per heavy atom. The SMILES string of the molecule is O=C(Nc1nc(-c2ccc(-c3ccccc3)cc2)cs1)C1CCN(c2ccc3nnnn3n2)CC1. The number of nitrogens with zero attached hydrogens (tertiary/aromatic N) is 7. The minimum atomic E-state index is -0.0551. The molecular weight excluding hydrogens is 460 g/mol. The van der Waals surface area contributed by atoms with Gasteiger partial charge in [0.25, 0.3) is 0 Å². The first-order valence-electron chi connectivity index (χ1n) is 11.5. The molecule has 1 N–H and O–H groups in total. The highest BCUT2D eigenvalue weighted by molar-refractivity contribution is 7.14. The van der Waals surface area contributed by atoms with E-state index < -0.39 is 0 Å². The highest BCUT2D eigenvalue weighted by Crippen LogP contribution is 2.29. The summed E-state index contributed by atoms with van der Waals surface area (Å²) in [6.07, 6.45) is 1.50. The van der Waals surface area contributed by atoms with Crippen molar-refractivity contribution in [2.45, 2.75) is 12.8 Å². The summed E-state index contributed by atoms with van der Waals surface area (Å²) in [6.45, 7) is 1.49. The molecule has 6 rings (SSSR count). The molecule has 1 fully saturated rings.